The average Bonchev–Trinajstić information content (AvgIpc) is 2.47. The maximum Gasteiger partial charge on any atom is 0.410 e. The van der Waals surface area contributed by atoms with Crippen molar-refractivity contribution in [3.05, 3.63) is 29.8 Å². The largest absolute Gasteiger partial charge is 0.508 e. The molecule has 23 heavy (non-hydrogen) atoms. The van der Waals surface area contributed by atoms with Crippen molar-refractivity contribution in [1.29, 1.82) is 0 Å². The number of hydrogen-bond acceptors (Lipinski definition) is 5. The molecule has 0 aromatic heterocycles. The third-order valence-corrected chi connectivity index (χ3v) is 3.88. The molecule has 2 rings (SSSR count). The Hall–Kier alpha value is -1.79. The summed E-state index contributed by atoms with van der Waals surface area (Å²) < 4.78 is 5.41. The fraction of sp³-hybridized carbons (Fsp3) is 0.588. The number of phenolic OH excluding ortho intramolecular Hbond substituents is 1. The van der Waals surface area contributed by atoms with Gasteiger partial charge in [0.25, 0.3) is 0 Å². The second-order valence-corrected chi connectivity index (χ2v) is 6.85. The van der Waals surface area contributed by atoms with Crippen LogP contribution in [0.15, 0.2) is 24.3 Å². The molecule has 0 spiro atoms. The molecule has 1 aromatic carbocycles. The Morgan fingerprint density at radius 1 is 1.30 bits per heavy atom. The van der Waals surface area contributed by atoms with Crippen molar-refractivity contribution >= 4 is 6.09 Å². The normalized spacial score (nSPS) is 17.8. The van der Waals surface area contributed by atoms with E-state index >= 15 is 0 Å². The van der Waals surface area contributed by atoms with Crippen molar-refractivity contribution in [2.75, 3.05) is 32.7 Å². The Morgan fingerprint density at radius 3 is 2.48 bits per heavy atom. The van der Waals surface area contributed by atoms with Gasteiger partial charge in [0, 0.05) is 38.8 Å². The van der Waals surface area contributed by atoms with Crippen LogP contribution < -0.4 is 5.73 Å². The summed E-state index contributed by atoms with van der Waals surface area (Å²) in [5.74, 6) is 0.244. The van der Waals surface area contributed by atoms with E-state index < -0.39 is 5.60 Å². The van der Waals surface area contributed by atoms with Crippen LogP contribution in [0, 0.1) is 0 Å². The highest BCUT2D eigenvalue weighted by atomic mass is 16.6. The standard InChI is InChI=1S/C17H27N3O3/c1-17(2,3)23-16(22)20-9-7-19(8-10-20)15(12-18)13-5-4-6-14(21)11-13/h4-6,11,15,21H,7-10,12,18H2,1-3H3. The lowest BCUT2D eigenvalue weighted by molar-refractivity contribution is 0.0106. The van der Waals surface area contributed by atoms with Crippen LogP contribution in [0.1, 0.15) is 32.4 Å². The topological polar surface area (TPSA) is 79.0 Å². The van der Waals surface area contributed by atoms with Crippen LogP contribution in [-0.4, -0.2) is 59.3 Å². The number of piperazine rings is 1. The molecule has 1 unspecified atom stereocenters. The molecule has 1 aliphatic heterocycles. The van der Waals surface area contributed by atoms with Gasteiger partial charge in [-0.25, -0.2) is 4.79 Å². The molecule has 1 aliphatic rings. The Labute approximate surface area is 137 Å². The number of hydrogen-bond donors (Lipinski definition) is 2. The van der Waals surface area contributed by atoms with Crippen LogP contribution in [0.5, 0.6) is 5.75 Å². The summed E-state index contributed by atoms with van der Waals surface area (Å²) in [7, 11) is 0. The van der Waals surface area contributed by atoms with E-state index in [1.54, 1.807) is 17.0 Å². The third kappa shape index (κ3) is 4.84. The van der Waals surface area contributed by atoms with Gasteiger partial charge >= 0.3 is 6.09 Å². The lowest BCUT2D eigenvalue weighted by Crippen LogP contribution is -2.51. The number of nitrogens with zero attached hydrogens (tertiary/aromatic N) is 2. The first kappa shape index (κ1) is 17.6. The fourth-order valence-electron chi connectivity index (χ4n) is 2.77. The summed E-state index contributed by atoms with van der Waals surface area (Å²) >= 11 is 0. The van der Waals surface area contributed by atoms with E-state index in [4.69, 9.17) is 10.5 Å². The molecule has 1 atom stereocenters. The molecule has 128 valence electrons. The van der Waals surface area contributed by atoms with Gasteiger partial charge in [-0.2, -0.15) is 0 Å². The minimum atomic E-state index is -0.477. The Morgan fingerprint density at radius 2 is 1.96 bits per heavy atom. The van der Waals surface area contributed by atoms with Crippen molar-refractivity contribution in [1.82, 2.24) is 9.80 Å². The number of rotatable bonds is 3. The molecule has 1 fully saturated rings. The number of benzene rings is 1. The second kappa shape index (κ2) is 7.19. The lowest BCUT2D eigenvalue weighted by atomic mass is 10.0. The van der Waals surface area contributed by atoms with Crippen molar-refractivity contribution in [3.8, 4) is 5.75 Å². The molecule has 0 radical (unpaired) electrons. The maximum absolute atomic E-state index is 12.1. The summed E-state index contributed by atoms with van der Waals surface area (Å²) in [5.41, 5.74) is 6.46. The van der Waals surface area contributed by atoms with E-state index in [0.29, 0.717) is 19.6 Å². The SMILES string of the molecule is CC(C)(C)OC(=O)N1CCN(C(CN)c2cccc(O)c2)CC1. The summed E-state index contributed by atoms with van der Waals surface area (Å²) in [6.45, 7) is 8.77. The van der Waals surface area contributed by atoms with Gasteiger partial charge in [0.2, 0.25) is 0 Å². The van der Waals surface area contributed by atoms with E-state index in [2.05, 4.69) is 4.90 Å². The van der Waals surface area contributed by atoms with Gasteiger partial charge in [-0.05, 0) is 38.5 Å². The monoisotopic (exact) mass is 321 g/mol. The predicted molar refractivity (Wildman–Crippen MR) is 89.3 cm³/mol. The van der Waals surface area contributed by atoms with Gasteiger partial charge in [0.05, 0.1) is 0 Å². The molecule has 1 saturated heterocycles. The van der Waals surface area contributed by atoms with Gasteiger partial charge in [-0.1, -0.05) is 12.1 Å². The molecule has 1 aromatic rings. The summed E-state index contributed by atoms with van der Waals surface area (Å²) in [6.07, 6.45) is -0.265. The van der Waals surface area contributed by atoms with Crippen molar-refractivity contribution in [3.63, 3.8) is 0 Å². The second-order valence-electron chi connectivity index (χ2n) is 6.85. The molecule has 0 aliphatic carbocycles. The van der Waals surface area contributed by atoms with Crippen LogP contribution >= 0.6 is 0 Å². The van der Waals surface area contributed by atoms with Gasteiger partial charge in [-0.15, -0.1) is 0 Å². The number of ether oxygens (including phenoxy) is 1. The van der Waals surface area contributed by atoms with Crippen LogP contribution in [0.4, 0.5) is 4.79 Å². The highest BCUT2D eigenvalue weighted by Crippen LogP contribution is 2.24. The third-order valence-electron chi connectivity index (χ3n) is 3.88. The highest BCUT2D eigenvalue weighted by molar-refractivity contribution is 5.68. The van der Waals surface area contributed by atoms with Gasteiger partial charge in [-0.3, -0.25) is 4.90 Å². The predicted octanol–water partition coefficient (Wildman–Crippen LogP) is 1.94. The zero-order chi connectivity index (χ0) is 17.0. The molecule has 0 saturated carbocycles. The maximum atomic E-state index is 12.1. The summed E-state index contributed by atoms with van der Waals surface area (Å²) in [5, 5.41) is 9.65. The number of aromatic hydroxyl groups is 1. The zero-order valence-corrected chi connectivity index (χ0v) is 14.2. The molecular formula is C17H27N3O3. The van der Waals surface area contributed by atoms with Gasteiger partial charge in [0.1, 0.15) is 11.4 Å². The molecule has 6 nitrogen and oxygen atoms in total. The van der Waals surface area contributed by atoms with Crippen LogP contribution in [0.25, 0.3) is 0 Å². The zero-order valence-electron chi connectivity index (χ0n) is 14.2. The van der Waals surface area contributed by atoms with E-state index in [-0.39, 0.29) is 17.9 Å². The van der Waals surface area contributed by atoms with Crippen molar-refractivity contribution < 1.29 is 14.6 Å². The van der Waals surface area contributed by atoms with Gasteiger partial charge < -0.3 is 20.5 Å². The van der Waals surface area contributed by atoms with Crippen LogP contribution in [0.2, 0.25) is 0 Å². The van der Waals surface area contributed by atoms with E-state index in [9.17, 15) is 9.90 Å². The Balaban J connectivity index is 1.96. The minimum Gasteiger partial charge on any atom is -0.508 e. The smallest absolute Gasteiger partial charge is 0.410 e. The Kier molecular flexibility index (Phi) is 5.49. The quantitative estimate of drug-likeness (QED) is 0.889. The van der Waals surface area contributed by atoms with Crippen LogP contribution in [0.3, 0.4) is 0 Å². The fourth-order valence-corrected chi connectivity index (χ4v) is 2.77. The number of carbonyl (C=O) groups is 1. The first-order valence-electron chi connectivity index (χ1n) is 8.01. The highest BCUT2D eigenvalue weighted by Gasteiger charge is 2.29. The first-order chi connectivity index (χ1) is 10.8. The average molecular weight is 321 g/mol. The molecule has 3 N–H and O–H groups in total. The lowest BCUT2D eigenvalue weighted by Gasteiger charge is -2.39. The Bertz CT molecular complexity index is 534. The molecule has 1 heterocycles. The summed E-state index contributed by atoms with van der Waals surface area (Å²) in [4.78, 5) is 16.1. The molecule has 6 heteroatoms. The number of nitrogens with two attached hydrogens (primary N) is 1. The first-order valence-corrected chi connectivity index (χ1v) is 8.01. The molecular weight excluding hydrogens is 294 g/mol. The number of carbonyl (C=O) groups excluding carboxylic acids is 1. The van der Waals surface area contributed by atoms with E-state index in [1.165, 1.54) is 0 Å². The van der Waals surface area contributed by atoms with Crippen LogP contribution in [-0.2, 0) is 4.74 Å². The summed E-state index contributed by atoms with van der Waals surface area (Å²) in [6, 6.07) is 7.24. The number of phenols is 1. The van der Waals surface area contributed by atoms with Crippen molar-refractivity contribution in [2.24, 2.45) is 5.73 Å². The van der Waals surface area contributed by atoms with E-state index in [1.807, 2.05) is 32.9 Å². The van der Waals surface area contributed by atoms with Gasteiger partial charge in [0.15, 0.2) is 0 Å². The number of amides is 1. The minimum absolute atomic E-state index is 0.0443. The molecule has 0 bridgehead atoms. The molecule has 1 amide bonds. The van der Waals surface area contributed by atoms with Crippen molar-refractivity contribution in [2.45, 2.75) is 32.4 Å². The van der Waals surface area contributed by atoms with E-state index in [0.717, 1.165) is 18.7 Å².